The maximum atomic E-state index is 10.7. The minimum atomic E-state index is -0.989. The number of aromatic hydroxyl groups is 1. The van der Waals surface area contributed by atoms with Gasteiger partial charge in [-0.1, -0.05) is 0 Å². The molecule has 0 saturated heterocycles. The summed E-state index contributed by atoms with van der Waals surface area (Å²) in [4.78, 5) is 10.7. The minimum Gasteiger partial charge on any atom is -0.504 e. The van der Waals surface area contributed by atoms with Gasteiger partial charge in [-0.15, -0.1) is 0 Å². The molecule has 0 bridgehead atoms. The third-order valence-corrected chi connectivity index (χ3v) is 1.82. The van der Waals surface area contributed by atoms with E-state index in [9.17, 15) is 9.90 Å². The lowest BCUT2D eigenvalue weighted by molar-refractivity contribution is -0.00126. The molecule has 0 radical (unpaired) electrons. The SMILES string of the molecule is NC(=O)c1[nH]nc(COCC(O)CO)c1O. The highest BCUT2D eigenvalue weighted by Gasteiger charge is 2.16. The average molecular weight is 231 g/mol. The lowest BCUT2D eigenvalue weighted by Gasteiger charge is -2.06. The molecule has 1 heterocycles. The van der Waals surface area contributed by atoms with Gasteiger partial charge in [-0.3, -0.25) is 9.89 Å². The maximum absolute atomic E-state index is 10.7. The number of amides is 1. The van der Waals surface area contributed by atoms with E-state index in [1.165, 1.54) is 0 Å². The molecule has 1 aromatic rings. The van der Waals surface area contributed by atoms with Gasteiger partial charge in [-0.2, -0.15) is 5.10 Å². The zero-order valence-electron chi connectivity index (χ0n) is 8.38. The van der Waals surface area contributed by atoms with Crippen LogP contribution in [0.3, 0.4) is 0 Å². The molecule has 0 spiro atoms. The van der Waals surface area contributed by atoms with Gasteiger partial charge in [0.2, 0.25) is 0 Å². The van der Waals surface area contributed by atoms with E-state index >= 15 is 0 Å². The smallest absolute Gasteiger partial charge is 0.270 e. The first-order chi connectivity index (χ1) is 7.56. The van der Waals surface area contributed by atoms with E-state index in [0.717, 1.165) is 0 Å². The summed E-state index contributed by atoms with van der Waals surface area (Å²) in [6.07, 6.45) is -0.989. The summed E-state index contributed by atoms with van der Waals surface area (Å²) in [6.45, 7) is -0.625. The lowest BCUT2D eigenvalue weighted by Crippen LogP contribution is -2.19. The van der Waals surface area contributed by atoms with Crippen molar-refractivity contribution in [3.05, 3.63) is 11.4 Å². The molecular weight excluding hydrogens is 218 g/mol. The van der Waals surface area contributed by atoms with Crippen molar-refractivity contribution in [2.75, 3.05) is 13.2 Å². The third kappa shape index (κ3) is 2.92. The van der Waals surface area contributed by atoms with Gasteiger partial charge in [0, 0.05) is 0 Å². The number of aliphatic hydroxyl groups is 2. The van der Waals surface area contributed by atoms with E-state index in [-0.39, 0.29) is 30.4 Å². The summed E-state index contributed by atoms with van der Waals surface area (Å²) in [7, 11) is 0. The molecule has 1 rings (SSSR count). The fourth-order valence-electron chi connectivity index (χ4n) is 0.990. The molecule has 0 saturated carbocycles. The van der Waals surface area contributed by atoms with Crippen LogP contribution in [0.15, 0.2) is 0 Å². The number of primary amides is 1. The number of nitrogens with one attached hydrogen (secondary N) is 1. The summed E-state index contributed by atoms with van der Waals surface area (Å²) in [5, 5.41) is 32.8. The van der Waals surface area contributed by atoms with E-state index in [1.54, 1.807) is 0 Å². The topological polar surface area (TPSA) is 142 Å². The highest BCUT2D eigenvalue weighted by Crippen LogP contribution is 2.19. The zero-order chi connectivity index (χ0) is 12.1. The van der Waals surface area contributed by atoms with E-state index in [0.29, 0.717) is 0 Å². The molecule has 1 unspecified atom stereocenters. The van der Waals surface area contributed by atoms with Crippen LogP contribution in [0.2, 0.25) is 0 Å². The molecule has 1 aromatic heterocycles. The van der Waals surface area contributed by atoms with Crippen LogP contribution in [0.25, 0.3) is 0 Å². The Kier molecular flexibility index (Phi) is 4.23. The second-order valence-electron chi connectivity index (χ2n) is 3.11. The van der Waals surface area contributed by atoms with Crippen molar-refractivity contribution in [2.24, 2.45) is 5.73 Å². The Morgan fingerprint density at radius 1 is 1.62 bits per heavy atom. The van der Waals surface area contributed by atoms with Gasteiger partial charge in [0.25, 0.3) is 5.91 Å². The van der Waals surface area contributed by atoms with Gasteiger partial charge < -0.3 is 25.8 Å². The first-order valence-corrected chi connectivity index (χ1v) is 4.49. The molecule has 0 aliphatic heterocycles. The molecule has 0 fully saturated rings. The summed E-state index contributed by atoms with van der Waals surface area (Å²) in [5.41, 5.74) is 4.86. The predicted octanol–water partition coefficient (Wildman–Crippen LogP) is -1.92. The van der Waals surface area contributed by atoms with Gasteiger partial charge in [0.1, 0.15) is 11.8 Å². The van der Waals surface area contributed by atoms with Crippen molar-refractivity contribution < 1.29 is 24.9 Å². The Morgan fingerprint density at radius 2 is 2.31 bits per heavy atom. The van der Waals surface area contributed by atoms with Crippen molar-refractivity contribution in [2.45, 2.75) is 12.7 Å². The molecule has 0 aliphatic carbocycles. The van der Waals surface area contributed by atoms with E-state index in [1.807, 2.05) is 0 Å². The fraction of sp³-hybridized carbons (Fsp3) is 0.500. The highest BCUT2D eigenvalue weighted by atomic mass is 16.5. The molecule has 1 atom stereocenters. The molecule has 16 heavy (non-hydrogen) atoms. The Balaban J connectivity index is 2.52. The minimum absolute atomic E-state index is 0.102. The molecule has 0 aliphatic rings. The maximum Gasteiger partial charge on any atom is 0.270 e. The predicted molar refractivity (Wildman–Crippen MR) is 51.5 cm³/mol. The van der Waals surface area contributed by atoms with E-state index < -0.39 is 18.6 Å². The second-order valence-corrected chi connectivity index (χ2v) is 3.11. The number of nitrogens with two attached hydrogens (primary N) is 1. The Bertz CT molecular complexity index is 365. The molecule has 0 aromatic carbocycles. The van der Waals surface area contributed by atoms with Crippen LogP contribution >= 0.6 is 0 Å². The number of carbonyl (C=O) groups is 1. The normalized spacial score (nSPS) is 12.6. The van der Waals surface area contributed by atoms with Crippen LogP contribution in [0.5, 0.6) is 5.75 Å². The van der Waals surface area contributed by atoms with Crippen LogP contribution in [0.1, 0.15) is 16.2 Å². The second kappa shape index (κ2) is 5.45. The first kappa shape index (κ1) is 12.4. The van der Waals surface area contributed by atoms with Crippen molar-refractivity contribution in [3.63, 3.8) is 0 Å². The standard InChI is InChI=1S/C8H13N3O5/c9-8(15)6-7(14)5(10-11-6)3-16-2-4(13)1-12/h4,12-14H,1-3H2,(H2,9,15)(H,10,11). The number of carbonyl (C=O) groups excluding carboxylic acids is 1. The van der Waals surface area contributed by atoms with Gasteiger partial charge in [0.15, 0.2) is 11.4 Å². The van der Waals surface area contributed by atoms with Crippen molar-refractivity contribution in [3.8, 4) is 5.75 Å². The fourth-order valence-corrected chi connectivity index (χ4v) is 0.990. The van der Waals surface area contributed by atoms with Gasteiger partial charge in [0.05, 0.1) is 19.8 Å². The number of aromatic amines is 1. The molecule has 8 nitrogen and oxygen atoms in total. The van der Waals surface area contributed by atoms with Crippen molar-refractivity contribution in [1.82, 2.24) is 10.2 Å². The summed E-state index contributed by atoms with van der Waals surface area (Å²) in [5.74, 6) is -1.20. The third-order valence-electron chi connectivity index (χ3n) is 1.82. The number of aliphatic hydroxyl groups excluding tert-OH is 2. The van der Waals surface area contributed by atoms with E-state index in [2.05, 4.69) is 10.2 Å². The van der Waals surface area contributed by atoms with Crippen molar-refractivity contribution >= 4 is 5.91 Å². The average Bonchev–Trinajstić information content (AvgIpc) is 2.60. The number of aromatic nitrogens is 2. The first-order valence-electron chi connectivity index (χ1n) is 4.49. The van der Waals surface area contributed by atoms with Gasteiger partial charge in [-0.25, -0.2) is 0 Å². The number of ether oxygens (including phenoxy) is 1. The Hall–Kier alpha value is -1.64. The van der Waals surface area contributed by atoms with Gasteiger partial charge in [-0.05, 0) is 0 Å². The van der Waals surface area contributed by atoms with Crippen molar-refractivity contribution in [1.29, 1.82) is 0 Å². The van der Waals surface area contributed by atoms with Crippen LogP contribution < -0.4 is 5.73 Å². The number of rotatable bonds is 6. The van der Waals surface area contributed by atoms with Crippen LogP contribution in [-0.2, 0) is 11.3 Å². The molecule has 6 N–H and O–H groups in total. The van der Waals surface area contributed by atoms with E-state index in [4.69, 9.17) is 20.7 Å². The molecule has 90 valence electrons. The number of H-pyrrole nitrogens is 1. The summed E-state index contributed by atoms with van der Waals surface area (Å²) >= 11 is 0. The summed E-state index contributed by atoms with van der Waals surface area (Å²) < 4.78 is 4.94. The van der Waals surface area contributed by atoms with Crippen LogP contribution in [-0.4, -0.2) is 50.7 Å². The Labute approximate surface area is 90.7 Å². The molecular formula is C8H13N3O5. The number of hydrogen-bond acceptors (Lipinski definition) is 6. The number of nitrogens with zero attached hydrogens (tertiary/aromatic N) is 1. The molecule has 1 amide bonds. The highest BCUT2D eigenvalue weighted by molar-refractivity contribution is 5.93. The monoisotopic (exact) mass is 231 g/mol. The summed E-state index contributed by atoms with van der Waals surface area (Å²) in [6, 6.07) is 0. The Morgan fingerprint density at radius 3 is 2.81 bits per heavy atom. The quantitative estimate of drug-likeness (QED) is 0.386. The largest absolute Gasteiger partial charge is 0.504 e. The van der Waals surface area contributed by atoms with Crippen LogP contribution in [0, 0.1) is 0 Å². The molecule has 8 heteroatoms. The van der Waals surface area contributed by atoms with Gasteiger partial charge >= 0.3 is 0 Å². The zero-order valence-corrected chi connectivity index (χ0v) is 8.38. The lowest BCUT2D eigenvalue weighted by atomic mass is 10.3. The number of hydrogen-bond donors (Lipinski definition) is 5. The van der Waals surface area contributed by atoms with Crippen LogP contribution in [0.4, 0.5) is 0 Å².